The lowest BCUT2D eigenvalue weighted by molar-refractivity contribution is 0.135. The van der Waals surface area contributed by atoms with E-state index >= 15 is 0 Å². The standard InChI is InChI=1S/C16H23ClN2O2/c1-3-4-8-12-14(19-9-6-5-7-10-19)13(11-20)16(21-2)18-15(12)17/h16H,3-10H2,1-2H3. The van der Waals surface area contributed by atoms with Gasteiger partial charge in [-0.2, -0.15) is 0 Å². The predicted octanol–water partition coefficient (Wildman–Crippen LogP) is 3.30. The summed E-state index contributed by atoms with van der Waals surface area (Å²) in [6.45, 7) is 4.05. The maximum Gasteiger partial charge on any atom is 0.187 e. The van der Waals surface area contributed by atoms with Crippen LogP contribution in [0.3, 0.4) is 0 Å². The maximum absolute atomic E-state index is 11.5. The normalized spacial score (nSPS) is 23.2. The van der Waals surface area contributed by atoms with E-state index in [4.69, 9.17) is 16.3 Å². The highest BCUT2D eigenvalue weighted by atomic mass is 35.5. The molecule has 2 aliphatic rings. The smallest absolute Gasteiger partial charge is 0.187 e. The van der Waals surface area contributed by atoms with Gasteiger partial charge in [-0.3, -0.25) is 0 Å². The summed E-state index contributed by atoms with van der Waals surface area (Å²) in [7, 11) is 1.54. The lowest BCUT2D eigenvalue weighted by Crippen LogP contribution is -2.36. The van der Waals surface area contributed by atoms with E-state index in [-0.39, 0.29) is 0 Å². The van der Waals surface area contributed by atoms with Crippen LogP contribution >= 0.6 is 11.6 Å². The highest BCUT2D eigenvalue weighted by molar-refractivity contribution is 6.69. The number of hydrogen-bond donors (Lipinski definition) is 0. The third kappa shape index (κ3) is 3.57. The molecule has 2 rings (SSSR count). The molecular weight excluding hydrogens is 288 g/mol. The highest BCUT2D eigenvalue weighted by Gasteiger charge is 2.32. The fourth-order valence-electron chi connectivity index (χ4n) is 2.95. The van der Waals surface area contributed by atoms with Crippen LogP contribution in [0.4, 0.5) is 0 Å². The quantitative estimate of drug-likeness (QED) is 0.732. The minimum atomic E-state index is -0.627. The van der Waals surface area contributed by atoms with Crippen LogP contribution < -0.4 is 0 Å². The minimum absolute atomic E-state index is 0.481. The largest absolute Gasteiger partial charge is 0.370 e. The van der Waals surface area contributed by atoms with Crippen LogP contribution in [0.1, 0.15) is 45.4 Å². The molecule has 1 saturated heterocycles. The van der Waals surface area contributed by atoms with E-state index in [0.29, 0.717) is 10.7 Å². The van der Waals surface area contributed by atoms with Crippen molar-refractivity contribution in [2.24, 2.45) is 4.99 Å². The van der Waals surface area contributed by atoms with Gasteiger partial charge >= 0.3 is 0 Å². The molecule has 0 aliphatic carbocycles. The van der Waals surface area contributed by atoms with Crippen molar-refractivity contribution in [2.45, 2.75) is 51.7 Å². The molecule has 0 aromatic carbocycles. The molecule has 0 radical (unpaired) electrons. The van der Waals surface area contributed by atoms with Crippen LogP contribution in [-0.2, 0) is 9.53 Å². The van der Waals surface area contributed by atoms with Gasteiger partial charge in [0, 0.05) is 25.8 Å². The Morgan fingerprint density at radius 3 is 2.67 bits per heavy atom. The number of aliphatic imine (C=N–C) groups is 1. The number of hydrogen-bond acceptors (Lipinski definition) is 4. The van der Waals surface area contributed by atoms with Crippen LogP contribution in [0.25, 0.3) is 0 Å². The summed E-state index contributed by atoms with van der Waals surface area (Å²) >= 11 is 6.37. The summed E-state index contributed by atoms with van der Waals surface area (Å²) in [5.74, 6) is 2.06. The van der Waals surface area contributed by atoms with Gasteiger partial charge in [-0.25, -0.2) is 9.79 Å². The number of piperidine rings is 1. The zero-order chi connectivity index (χ0) is 15.2. The number of ether oxygens (including phenoxy) is 1. The van der Waals surface area contributed by atoms with Crippen molar-refractivity contribution >= 4 is 22.7 Å². The summed E-state index contributed by atoms with van der Waals surface area (Å²) < 4.78 is 5.31. The molecule has 5 heteroatoms. The number of rotatable bonds is 5. The van der Waals surface area contributed by atoms with Gasteiger partial charge in [-0.1, -0.05) is 24.9 Å². The second kappa shape index (κ2) is 7.79. The van der Waals surface area contributed by atoms with Crippen molar-refractivity contribution in [3.63, 3.8) is 0 Å². The molecule has 0 aromatic rings. The first kappa shape index (κ1) is 16.3. The van der Waals surface area contributed by atoms with Crippen molar-refractivity contribution in [2.75, 3.05) is 20.2 Å². The van der Waals surface area contributed by atoms with Gasteiger partial charge in [0.25, 0.3) is 0 Å². The van der Waals surface area contributed by atoms with Crippen molar-refractivity contribution in [3.8, 4) is 0 Å². The maximum atomic E-state index is 11.5. The first-order valence-corrected chi connectivity index (χ1v) is 8.10. The Kier molecular flexibility index (Phi) is 6.04. The molecule has 21 heavy (non-hydrogen) atoms. The molecule has 2 aliphatic heterocycles. The van der Waals surface area contributed by atoms with E-state index in [2.05, 4.69) is 22.8 Å². The second-order valence-corrected chi connectivity index (χ2v) is 5.86. The van der Waals surface area contributed by atoms with Crippen molar-refractivity contribution < 1.29 is 9.53 Å². The highest BCUT2D eigenvalue weighted by Crippen LogP contribution is 2.33. The van der Waals surface area contributed by atoms with Crippen LogP contribution in [0, 0.1) is 0 Å². The average molecular weight is 311 g/mol. The number of nitrogens with zero attached hydrogens (tertiary/aromatic N) is 2. The average Bonchev–Trinajstić information content (AvgIpc) is 2.53. The topological polar surface area (TPSA) is 41.9 Å². The fraction of sp³-hybridized carbons (Fsp3) is 0.688. The number of carbonyl (C=O) groups excluding carboxylic acids is 1. The van der Waals surface area contributed by atoms with E-state index in [1.807, 2.05) is 0 Å². The predicted molar refractivity (Wildman–Crippen MR) is 85.3 cm³/mol. The van der Waals surface area contributed by atoms with Gasteiger partial charge in [-0.05, 0) is 32.1 Å². The number of likely N-dealkylation sites (tertiary alicyclic amines) is 1. The van der Waals surface area contributed by atoms with Gasteiger partial charge in [0.05, 0.1) is 5.70 Å². The second-order valence-electron chi connectivity index (χ2n) is 5.50. The van der Waals surface area contributed by atoms with E-state index in [0.717, 1.165) is 56.5 Å². The zero-order valence-corrected chi connectivity index (χ0v) is 13.6. The summed E-state index contributed by atoms with van der Waals surface area (Å²) in [6.07, 6.45) is 5.84. The Morgan fingerprint density at radius 2 is 2.10 bits per heavy atom. The van der Waals surface area contributed by atoms with Crippen molar-refractivity contribution in [1.82, 2.24) is 4.90 Å². The minimum Gasteiger partial charge on any atom is -0.370 e. The van der Waals surface area contributed by atoms with Gasteiger partial charge in [-0.15, -0.1) is 0 Å². The molecule has 0 spiro atoms. The lowest BCUT2D eigenvalue weighted by atomic mass is 9.96. The zero-order valence-electron chi connectivity index (χ0n) is 12.8. The molecule has 116 valence electrons. The molecule has 0 N–H and O–H groups in total. The Labute approximate surface area is 131 Å². The molecule has 2 heterocycles. The molecule has 0 amide bonds. The number of allylic oxidation sites excluding steroid dienone is 1. The van der Waals surface area contributed by atoms with Crippen LogP contribution in [0.5, 0.6) is 0 Å². The molecular formula is C16H23ClN2O2. The molecule has 0 bridgehead atoms. The summed E-state index contributed by atoms with van der Waals surface area (Å²) in [5, 5.41) is 0.481. The van der Waals surface area contributed by atoms with Crippen LogP contribution in [0.2, 0.25) is 0 Å². The SMILES string of the molecule is CCCCC1=C(N2CCCCC2)C(=C=O)C(OC)N=C1Cl. The van der Waals surface area contributed by atoms with E-state index in [9.17, 15) is 4.79 Å². The first-order valence-electron chi connectivity index (χ1n) is 7.72. The van der Waals surface area contributed by atoms with Crippen molar-refractivity contribution in [3.05, 3.63) is 16.8 Å². The number of halogens is 1. The monoisotopic (exact) mass is 310 g/mol. The molecule has 0 aromatic heterocycles. The Bertz CT molecular complexity index is 487. The molecule has 0 saturated carbocycles. The van der Waals surface area contributed by atoms with Gasteiger partial charge in [0.1, 0.15) is 16.7 Å². The number of methoxy groups -OCH3 is 1. The summed E-state index contributed by atoms with van der Waals surface area (Å²) in [6, 6.07) is 0. The lowest BCUT2D eigenvalue weighted by Gasteiger charge is -2.36. The third-order valence-electron chi connectivity index (χ3n) is 4.05. The van der Waals surface area contributed by atoms with Gasteiger partial charge in [0.2, 0.25) is 0 Å². The molecule has 1 unspecified atom stereocenters. The van der Waals surface area contributed by atoms with Gasteiger partial charge in [0.15, 0.2) is 6.23 Å². The number of unbranched alkanes of at least 4 members (excludes halogenated alkanes) is 1. The number of dihydropyridines is 1. The molecule has 1 fully saturated rings. The molecule has 1 atom stereocenters. The summed E-state index contributed by atoms with van der Waals surface area (Å²) in [5.41, 5.74) is 2.40. The Balaban J connectivity index is 2.43. The summed E-state index contributed by atoms with van der Waals surface area (Å²) in [4.78, 5) is 18.1. The van der Waals surface area contributed by atoms with Crippen LogP contribution in [0.15, 0.2) is 21.8 Å². The van der Waals surface area contributed by atoms with Gasteiger partial charge < -0.3 is 9.64 Å². The van der Waals surface area contributed by atoms with E-state index < -0.39 is 6.23 Å². The third-order valence-corrected chi connectivity index (χ3v) is 4.38. The first-order chi connectivity index (χ1) is 10.2. The fourth-order valence-corrected chi connectivity index (χ4v) is 3.22. The van der Waals surface area contributed by atoms with E-state index in [1.165, 1.54) is 6.42 Å². The van der Waals surface area contributed by atoms with Crippen LogP contribution in [-0.4, -0.2) is 42.4 Å². The Morgan fingerprint density at radius 1 is 1.38 bits per heavy atom. The Hall–Kier alpha value is -1.09. The van der Waals surface area contributed by atoms with Crippen molar-refractivity contribution in [1.29, 1.82) is 0 Å². The molecule has 4 nitrogen and oxygen atoms in total. The van der Waals surface area contributed by atoms with E-state index in [1.54, 1.807) is 7.11 Å².